The van der Waals surface area contributed by atoms with Gasteiger partial charge in [-0.1, -0.05) is 0 Å². The minimum atomic E-state index is -5.75. The van der Waals surface area contributed by atoms with Gasteiger partial charge >= 0.3 is 227 Å². The van der Waals surface area contributed by atoms with E-state index < -0.39 is 129 Å². The van der Waals surface area contributed by atoms with Gasteiger partial charge in [-0.25, -0.2) is 0 Å². The van der Waals surface area contributed by atoms with Gasteiger partial charge in [0.05, 0.1) is 0 Å². The van der Waals surface area contributed by atoms with E-state index >= 15 is 0 Å². The molecule has 0 saturated heterocycles. The molecule has 0 heterocycles. The summed E-state index contributed by atoms with van der Waals surface area (Å²) in [4.78, 5) is 0. The molecule has 0 radical (unpaired) electrons. The monoisotopic (exact) mass is 1050 g/mol. The third kappa shape index (κ3) is 6340000. The molecular weight excluding hydrogens is 970 g/mol. The van der Waals surface area contributed by atoms with E-state index in [1.807, 2.05) is 0 Å². The van der Waals surface area contributed by atoms with Gasteiger partial charge in [-0.15, -0.1) is 0 Å². The maximum absolute atomic E-state index is 9.11. The first-order valence-corrected chi connectivity index (χ1v) is 20.8. The van der Waals surface area contributed by atoms with Crippen molar-refractivity contribution in [2.75, 3.05) is 0 Å². The number of rotatable bonds is 4. The Morgan fingerprint density at radius 1 is 0.368 bits per heavy atom. The van der Waals surface area contributed by atoms with Crippen molar-refractivity contribution in [1.29, 1.82) is 5.72 Å². The van der Waals surface area contributed by atoms with Crippen LogP contribution in [0.3, 0.4) is 0 Å². The second-order valence-corrected chi connectivity index (χ2v) is 12.7. The van der Waals surface area contributed by atoms with Crippen molar-refractivity contribution in [2.45, 2.75) is 0 Å². The minimum Gasteiger partial charge on any atom is -0.369 e. The van der Waals surface area contributed by atoms with Gasteiger partial charge in [0.2, 0.25) is 0 Å². The maximum Gasteiger partial charge on any atom is 0.342 e. The first-order chi connectivity index (χ1) is 30.2. The van der Waals surface area contributed by atoms with Crippen molar-refractivity contribution >= 4 is 80.2 Å². The van der Waals surface area contributed by atoms with Gasteiger partial charge in [0.1, 0.15) is 0 Å². The molecule has 38 heavy (non-hydrogen) atoms. The topological polar surface area (TPSA) is 762 Å². The minimum absolute atomic E-state index is 2.00. The van der Waals surface area contributed by atoms with Crippen LogP contribution in [0, 0.1) is 0 Å². The van der Waals surface area contributed by atoms with E-state index in [2.05, 4.69) is 16.8 Å². The average molecular weight is 1040 g/mol. The Hall–Kier alpha value is -0.0831. The molecule has 0 spiro atoms. The molecule has 0 aromatic rings. The second-order valence-electron chi connectivity index (χ2n) is 2.45. The zero-order chi connectivity index (χ0) is 65.8. The van der Waals surface area contributed by atoms with Crippen molar-refractivity contribution < 1.29 is 141 Å². The third-order valence-electron chi connectivity index (χ3n) is 0. The molecule has 0 aromatic carbocycles. The third-order valence-corrected chi connectivity index (χ3v) is 0. The summed E-state index contributed by atoms with van der Waals surface area (Å²) < 4.78 is 399. The zero-order valence-corrected chi connectivity index (χ0v) is 26.1. The second kappa shape index (κ2) is 36.9. The van der Waals surface area contributed by atoms with E-state index in [1.165, 1.54) is 0 Å². The zero-order valence-electron chi connectivity index (χ0n) is 51.8. The Morgan fingerprint density at radius 2 is 0.395 bits per heavy atom. The summed E-state index contributed by atoms with van der Waals surface area (Å²) in [5.41, 5.74) is 0. The van der Waals surface area contributed by atoms with Crippen LogP contribution in [0.25, 0.3) is 0 Å². The summed E-state index contributed by atoms with van der Waals surface area (Å²) in [5, 5.41) is 0. The number of hydrogen-bond donors (Lipinski definition) is 12. The Kier molecular flexibility index (Phi) is 14.0. The molecule has 256 valence electrons. The Balaban J connectivity index is -0.0000000437. The van der Waals surface area contributed by atoms with E-state index in [-0.39, 0.29) is 0 Å². The molecule has 0 atom stereocenters. The van der Waals surface area contributed by atoms with Crippen molar-refractivity contribution in [3.63, 3.8) is 0 Å². The fourth-order valence-electron chi connectivity index (χ4n) is 0. The molecule has 0 bridgehead atoms. The predicted octanol–water partition coefficient (Wildman–Crippen LogP) is -12.4. The fraction of sp³-hybridized carbons (Fsp3) is 0. The summed E-state index contributed by atoms with van der Waals surface area (Å²) >= 11 is -32.9. The van der Waals surface area contributed by atoms with E-state index in [0.717, 1.165) is 0 Å². The fourth-order valence-corrected chi connectivity index (χ4v) is 0. The summed E-state index contributed by atoms with van der Waals surface area (Å²) in [5.74, 6) is 0. The average Bonchev–Trinajstić information content (AvgIpc) is 2.88. The Morgan fingerprint density at radius 3 is 0.395 bits per heavy atom. The molecule has 0 unspecified atom stereocenters. The van der Waals surface area contributed by atoms with Crippen LogP contribution in [0.1, 0.15) is 0 Å². The van der Waals surface area contributed by atoms with Crippen LogP contribution >= 0.6 is 0 Å². The van der Waals surface area contributed by atoms with Crippen LogP contribution in [0.15, 0.2) is 0 Å². The van der Waals surface area contributed by atoms with Gasteiger partial charge in [0, 0.05) is 0 Å². The van der Waals surface area contributed by atoms with E-state index in [0.29, 0.717) is 0 Å². The molecule has 0 rings (SSSR count). The summed E-state index contributed by atoms with van der Waals surface area (Å²) in [6.07, 6.45) is -16.0. The molecule has 0 saturated carbocycles. The summed E-state index contributed by atoms with van der Waals surface area (Å²) in [6, 6.07) is 0. The Bertz CT molecular complexity index is 1560. The van der Waals surface area contributed by atoms with Gasteiger partial charge in [-0.2, -0.15) is 0 Å². The van der Waals surface area contributed by atoms with Crippen molar-refractivity contribution in [3.8, 4) is 0 Å². The molecule has 0 aromatic heterocycles. The summed E-state index contributed by atoms with van der Waals surface area (Å²) in [6.45, 7) is 0. The SMILES string of the molecule is O=[Se](=O)([O-])[O-].O=[Se](=O)([O-])[O-].[2H]O[Se](=O)(=O)[O-].[2H]O[Se](=O)(=O)[O-].[2H]O[Se](=O)(=O)[O-].[2H]O[Se](=O)(=O)[O-].[2H][N+]([2H])([2H])[2H].[2H][N+]([2H])([2H])[2H].[2H][N+]([2H])([2H])[2H].[2H][N+]([2H])([2H])[2H].[2H][N+]([2H])([2H])[2H].[2H][N+]([2H])([2H])[2H].[2H][N+]([2H])([2H])[2H].[2H][N+]([2H])([2H])[2H]. The first-order valence-electron chi connectivity index (χ1n) is 19.9. The van der Waals surface area contributed by atoms with E-state index in [9.17, 15) is 0 Å². The van der Waals surface area contributed by atoms with Gasteiger partial charge in [-0.05, 0) is 0 Å². The number of quaternary nitrogens is 8. The van der Waals surface area contributed by atoms with Crippen LogP contribution in [-0.4, -0.2) is 103 Å². The van der Waals surface area contributed by atoms with Crippen LogP contribution in [0.2, 0.25) is 45.2 Å². The Labute approximate surface area is 277 Å². The molecule has 36 N–H and O–H groups in total. The van der Waals surface area contributed by atoms with Crippen LogP contribution < -0.4 is 82.5 Å². The van der Waals surface area contributed by atoms with Crippen molar-refractivity contribution in [2.24, 2.45) is 0 Å². The maximum atomic E-state index is 9.11. The van der Waals surface area contributed by atoms with Gasteiger partial charge < -0.3 is 49.0 Å². The van der Waals surface area contributed by atoms with Gasteiger partial charge in [0.25, 0.3) is 0 Å². The van der Waals surface area contributed by atoms with E-state index in [1.54, 1.807) is 0 Å². The van der Waals surface area contributed by atoms with Gasteiger partial charge in [0.15, 0.2) is 0 Å². The van der Waals surface area contributed by atoms with Crippen molar-refractivity contribution in [3.05, 3.63) is 0 Å². The van der Waals surface area contributed by atoms with Crippen molar-refractivity contribution in [1.82, 2.24) is 49.0 Å². The van der Waals surface area contributed by atoms with Crippen LogP contribution in [0.4, 0.5) is 0 Å². The van der Waals surface area contributed by atoms with Gasteiger partial charge in [-0.3, -0.25) is 0 Å². The molecule has 32 nitrogen and oxygen atoms in total. The normalized spacial score (nSPS) is 24.0. The quantitative estimate of drug-likeness (QED) is 0.116. The molecule has 0 amide bonds. The smallest absolute Gasteiger partial charge is 0.342 e. The summed E-state index contributed by atoms with van der Waals surface area (Å²) in [7, 11) is 0. The number of hydrogen-bond acceptors (Lipinski definition) is 24. The van der Waals surface area contributed by atoms with Crippen LogP contribution in [-0.2, 0) is 46.0 Å². The molecule has 0 fully saturated rings. The standard InChI is InChI=1S/8H3N.6H2O4Se/c;;;;;;;;6*1-5(2,3)4/h8*1H3;6*(H2,1,2,3,4)/i/hD36. The largest absolute Gasteiger partial charge is 0.369 e. The molecule has 0 aliphatic rings. The molecule has 0 aliphatic carbocycles. The molecule has 0 aliphatic heterocycles. The molecule has 38 heteroatoms. The molecular formula is H36N8O24Se6. The predicted molar refractivity (Wildman–Crippen MR) is 99.5 cm³/mol. The first kappa shape index (κ1) is 14.4. The van der Waals surface area contributed by atoms with Crippen LogP contribution in [0.5, 0.6) is 0 Å². The van der Waals surface area contributed by atoms with E-state index in [4.69, 9.17) is 130 Å².